The van der Waals surface area contributed by atoms with Gasteiger partial charge in [0.15, 0.2) is 0 Å². The number of hydrogen-bond donors (Lipinski definition) is 0. The standard InChI is InChI=1S/C11H9Cl2NOS/c1-7-6-16-11(14-7)5-15-10-4-8(12)2-3-9(10)13/h2-4,6H,5H2,1H3. The summed E-state index contributed by atoms with van der Waals surface area (Å²) in [6.45, 7) is 2.37. The highest BCUT2D eigenvalue weighted by molar-refractivity contribution is 7.09. The number of halogens is 2. The number of thiazole rings is 1. The van der Waals surface area contributed by atoms with Gasteiger partial charge in [-0.1, -0.05) is 23.2 Å². The fourth-order valence-electron chi connectivity index (χ4n) is 1.20. The Morgan fingerprint density at radius 1 is 1.38 bits per heavy atom. The second-order valence-corrected chi connectivity index (χ2v) is 5.03. The number of aryl methyl sites for hydroxylation is 1. The van der Waals surface area contributed by atoms with Crippen molar-refractivity contribution >= 4 is 34.5 Å². The molecular weight excluding hydrogens is 265 g/mol. The molecule has 1 heterocycles. The maximum absolute atomic E-state index is 5.97. The van der Waals surface area contributed by atoms with Gasteiger partial charge in [-0.05, 0) is 19.1 Å². The Hall–Kier alpha value is -0.770. The topological polar surface area (TPSA) is 22.1 Å². The Morgan fingerprint density at radius 3 is 2.88 bits per heavy atom. The van der Waals surface area contributed by atoms with Crippen LogP contribution in [0.5, 0.6) is 5.75 Å². The van der Waals surface area contributed by atoms with E-state index in [1.54, 1.807) is 29.5 Å². The molecule has 2 rings (SSSR count). The molecule has 0 spiro atoms. The van der Waals surface area contributed by atoms with E-state index in [0.717, 1.165) is 10.7 Å². The van der Waals surface area contributed by atoms with E-state index in [1.165, 1.54) is 0 Å². The largest absolute Gasteiger partial charge is 0.485 e. The first-order valence-electron chi connectivity index (χ1n) is 4.64. The Bertz CT molecular complexity index is 498. The molecule has 16 heavy (non-hydrogen) atoms. The molecule has 0 aliphatic carbocycles. The molecule has 0 bridgehead atoms. The van der Waals surface area contributed by atoms with Crippen LogP contribution in [-0.2, 0) is 6.61 Å². The molecule has 0 N–H and O–H groups in total. The van der Waals surface area contributed by atoms with E-state index in [4.69, 9.17) is 27.9 Å². The Balaban J connectivity index is 2.07. The molecule has 0 atom stereocenters. The summed E-state index contributed by atoms with van der Waals surface area (Å²) >= 11 is 13.4. The van der Waals surface area contributed by atoms with Gasteiger partial charge in [-0.2, -0.15) is 0 Å². The minimum absolute atomic E-state index is 0.415. The summed E-state index contributed by atoms with van der Waals surface area (Å²) in [4.78, 5) is 4.30. The molecule has 0 saturated heterocycles. The minimum atomic E-state index is 0.415. The molecule has 0 unspecified atom stereocenters. The van der Waals surface area contributed by atoms with Crippen molar-refractivity contribution in [1.82, 2.24) is 4.98 Å². The van der Waals surface area contributed by atoms with E-state index in [0.29, 0.717) is 22.4 Å². The second kappa shape index (κ2) is 5.04. The quantitative estimate of drug-likeness (QED) is 0.830. The lowest BCUT2D eigenvalue weighted by Gasteiger charge is -2.06. The first-order chi connectivity index (χ1) is 7.65. The van der Waals surface area contributed by atoms with Crippen LogP contribution in [0.25, 0.3) is 0 Å². The van der Waals surface area contributed by atoms with Crippen LogP contribution in [0.2, 0.25) is 10.0 Å². The predicted molar refractivity (Wildman–Crippen MR) is 67.6 cm³/mol. The van der Waals surface area contributed by atoms with Crippen molar-refractivity contribution in [2.45, 2.75) is 13.5 Å². The third-order valence-corrected chi connectivity index (χ3v) is 3.40. The number of ether oxygens (including phenoxy) is 1. The van der Waals surface area contributed by atoms with E-state index < -0.39 is 0 Å². The van der Waals surface area contributed by atoms with Crippen LogP contribution < -0.4 is 4.74 Å². The lowest BCUT2D eigenvalue weighted by Crippen LogP contribution is -1.95. The molecule has 0 saturated carbocycles. The molecule has 0 amide bonds. The van der Waals surface area contributed by atoms with Crippen molar-refractivity contribution in [3.63, 3.8) is 0 Å². The van der Waals surface area contributed by atoms with E-state index in [9.17, 15) is 0 Å². The summed E-state index contributed by atoms with van der Waals surface area (Å²) in [6.07, 6.45) is 0. The summed E-state index contributed by atoms with van der Waals surface area (Å²) in [5.74, 6) is 0.585. The van der Waals surface area contributed by atoms with Crippen LogP contribution in [0.15, 0.2) is 23.6 Å². The monoisotopic (exact) mass is 273 g/mol. The molecule has 0 fully saturated rings. The Kier molecular flexibility index (Phi) is 3.69. The van der Waals surface area contributed by atoms with Gasteiger partial charge < -0.3 is 4.74 Å². The van der Waals surface area contributed by atoms with Crippen LogP contribution in [0.3, 0.4) is 0 Å². The van der Waals surface area contributed by atoms with Gasteiger partial charge in [0.05, 0.1) is 5.02 Å². The van der Waals surface area contributed by atoms with Gasteiger partial charge in [-0.25, -0.2) is 4.98 Å². The number of benzene rings is 1. The summed E-state index contributed by atoms with van der Waals surface area (Å²) in [5, 5.41) is 4.07. The summed E-state index contributed by atoms with van der Waals surface area (Å²) in [6, 6.07) is 5.14. The zero-order valence-electron chi connectivity index (χ0n) is 8.54. The maximum Gasteiger partial charge on any atom is 0.140 e. The van der Waals surface area contributed by atoms with Crippen molar-refractivity contribution in [3.05, 3.63) is 44.3 Å². The zero-order valence-corrected chi connectivity index (χ0v) is 10.9. The highest BCUT2D eigenvalue weighted by Gasteiger charge is 2.04. The van der Waals surface area contributed by atoms with Gasteiger partial charge in [0.25, 0.3) is 0 Å². The smallest absolute Gasteiger partial charge is 0.140 e. The number of aromatic nitrogens is 1. The molecular formula is C11H9Cl2NOS. The Morgan fingerprint density at radius 2 is 2.19 bits per heavy atom. The normalized spacial score (nSPS) is 10.4. The van der Waals surface area contributed by atoms with E-state index in [-0.39, 0.29) is 0 Å². The molecule has 5 heteroatoms. The Labute approximate surface area is 108 Å². The predicted octanol–water partition coefficient (Wildman–Crippen LogP) is 4.34. The molecule has 84 valence electrons. The lowest BCUT2D eigenvalue weighted by molar-refractivity contribution is 0.305. The lowest BCUT2D eigenvalue weighted by atomic mass is 10.3. The molecule has 2 aromatic rings. The van der Waals surface area contributed by atoms with Crippen LogP contribution >= 0.6 is 34.5 Å². The molecule has 2 nitrogen and oxygen atoms in total. The van der Waals surface area contributed by atoms with Crippen LogP contribution in [0.4, 0.5) is 0 Å². The summed E-state index contributed by atoms with van der Waals surface area (Å²) in [7, 11) is 0. The molecule has 1 aromatic heterocycles. The third-order valence-electron chi connectivity index (χ3n) is 1.91. The highest BCUT2D eigenvalue weighted by atomic mass is 35.5. The van der Waals surface area contributed by atoms with Gasteiger partial charge in [0.2, 0.25) is 0 Å². The SMILES string of the molecule is Cc1csc(COc2cc(Cl)ccc2Cl)n1. The van der Waals surface area contributed by atoms with Gasteiger partial charge in [-0.15, -0.1) is 11.3 Å². The number of hydrogen-bond acceptors (Lipinski definition) is 3. The van der Waals surface area contributed by atoms with Crippen LogP contribution in [-0.4, -0.2) is 4.98 Å². The van der Waals surface area contributed by atoms with Crippen molar-refractivity contribution < 1.29 is 4.74 Å². The van der Waals surface area contributed by atoms with Gasteiger partial charge in [-0.3, -0.25) is 0 Å². The summed E-state index contributed by atoms with van der Waals surface area (Å²) in [5.41, 5.74) is 1.00. The first kappa shape index (κ1) is 11.7. The average Bonchev–Trinajstić information content (AvgIpc) is 2.66. The summed E-state index contributed by atoms with van der Waals surface area (Å²) < 4.78 is 5.55. The van der Waals surface area contributed by atoms with Gasteiger partial charge in [0.1, 0.15) is 17.4 Å². The number of nitrogens with zero attached hydrogens (tertiary/aromatic N) is 1. The van der Waals surface area contributed by atoms with E-state index in [2.05, 4.69) is 4.98 Å². The van der Waals surface area contributed by atoms with E-state index >= 15 is 0 Å². The molecule has 0 radical (unpaired) electrons. The van der Waals surface area contributed by atoms with Crippen LogP contribution in [0.1, 0.15) is 10.7 Å². The fraction of sp³-hybridized carbons (Fsp3) is 0.182. The van der Waals surface area contributed by atoms with Gasteiger partial charge in [0, 0.05) is 22.2 Å². The molecule has 1 aromatic carbocycles. The third kappa shape index (κ3) is 2.88. The molecule has 0 aliphatic rings. The molecule has 0 aliphatic heterocycles. The van der Waals surface area contributed by atoms with E-state index in [1.807, 2.05) is 12.3 Å². The second-order valence-electron chi connectivity index (χ2n) is 3.25. The number of rotatable bonds is 3. The van der Waals surface area contributed by atoms with Crippen molar-refractivity contribution in [3.8, 4) is 5.75 Å². The first-order valence-corrected chi connectivity index (χ1v) is 6.27. The van der Waals surface area contributed by atoms with Crippen molar-refractivity contribution in [1.29, 1.82) is 0 Å². The highest BCUT2D eigenvalue weighted by Crippen LogP contribution is 2.28. The minimum Gasteiger partial charge on any atom is -0.485 e. The fourth-order valence-corrected chi connectivity index (χ4v) is 2.21. The van der Waals surface area contributed by atoms with Crippen LogP contribution in [0, 0.1) is 6.92 Å². The average molecular weight is 274 g/mol. The van der Waals surface area contributed by atoms with Crippen molar-refractivity contribution in [2.75, 3.05) is 0 Å². The van der Waals surface area contributed by atoms with Gasteiger partial charge >= 0.3 is 0 Å². The zero-order chi connectivity index (χ0) is 11.5. The maximum atomic E-state index is 5.97. The van der Waals surface area contributed by atoms with Crippen molar-refractivity contribution in [2.24, 2.45) is 0 Å².